The quantitative estimate of drug-likeness (QED) is 0.781. The Morgan fingerprint density at radius 2 is 1.76 bits per heavy atom. The zero-order chi connectivity index (χ0) is 15.0. The minimum Gasteiger partial charge on any atom is -0.383 e. The van der Waals surface area contributed by atoms with E-state index in [2.05, 4.69) is 5.10 Å². The van der Waals surface area contributed by atoms with Crippen molar-refractivity contribution >= 4 is 5.82 Å². The molecule has 0 aliphatic heterocycles. The first kappa shape index (κ1) is 13.3. The molecular weight excluding hydrogens is 272 g/mol. The maximum atomic E-state index is 14.0. The summed E-state index contributed by atoms with van der Waals surface area (Å²) >= 11 is 0. The van der Waals surface area contributed by atoms with Gasteiger partial charge in [0.1, 0.15) is 23.1 Å². The van der Waals surface area contributed by atoms with Crippen LogP contribution in [0.5, 0.6) is 0 Å². The van der Waals surface area contributed by atoms with E-state index in [1.165, 1.54) is 4.68 Å². The molecule has 0 aliphatic rings. The summed E-state index contributed by atoms with van der Waals surface area (Å²) in [6, 6.07) is 12.6. The van der Waals surface area contributed by atoms with Gasteiger partial charge in [0.05, 0.1) is 5.56 Å². The van der Waals surface area contributed by atoms with Crippen molar-refractivity contribution in [3.05, 3.63) is 60.2 Å². The van der Waals surface area contributed by atoms with Crippen molar-refractivity contribution in [2.45, 2.75) is 0 Å². The molecular formula is C16H13F2N3. The summed E-state index contributed by atoms with van der Waals surface area (Å²) in [5, 5.41) is 4.24. The topological polar surface area (TPSA) is 43.8 Å². The molecule has 0 bridgehead atoms. The highest BCUT2D eigenvalue weighted by molar-refractivity contribution is 5.88. The molecule has 3 rings (SSSR count). The third kappa shape index (κ3) is 2.27. The Hall–Kier alpha value is -2.69. The van der Waals surface area contributed by atoms with E-state index in [1.807, 2.05) is 30.3 Å². The number of nitrogens with zero attached hydrogens (tertiary/aromatic N) is 2. The lowest BCUT2D eigenvalue weighted by molar-refractivity contribution is 0.602. The molecule has 2 aromatic carbocycles. The smallest absolute Gasteiger partial charge is 0.132 e. The molecule has 0 saturated carbocycles. The number of benzene rings is 2. The lowest BCUT2D eigenvalue weighted by atomic mass is 10.0. The average molecular weight is 285 g/mol. The third-order valence-corrected chi connectivity index (χ3v) is 3.34. The second-order valence-corrected chi connectivity index (χ2v) is 4.72. The third-order valence-electron chi connectivity index (χ3n) is 3.34. The van der Waals surface area contributed by atoms with Crippen LogP contribution in [-0.2, 0) is 7.05 Å². The summed E-state index contributed by atoms with van der Waals surface area (Å²) in [5.74, 6) is -0.652. The number of halogens is 2. The van der Waals surface area contributed by atoms with Crippen molar-refractivity contribution in [2.24, 2.45) is 7.05 Å². The summed E-state index contributed by atoms with van der Waals surface area (Å²) < 4.78 is 28.9. The van der Waals surface area contributed by atoms with Crippen molar-refractivity contribution in [1.29, 1.82) is 0 Å². The van der Waals surface area contributed by atoms with E-state index in [4.69, 9.17) is 5.73 Å². The number of hydrogen-bond donors (Lipinski definition) is 1. The second kappa shape index (κ2) is 5.01. The number of rotatable bonds is 2. The lowest BCUT2D eigenvalue weighted by Crippen LogP contribution is -1.97. The molecule has 106 valence electrons. The molecule has 0 amide bonds. The van der Waals surface area contributed by atoms with Crippen LogP contribution in [-0.4, -0.2) is 9.78 Å². The van der Waals surface area contributed by atoms with Crippen molar-refractivity contribution in [3.8, 4) is 22.4 Å². The normalized spacial score (nSPS) is 10.8. The monoisotopic (exact) mass is 285 g/mol. The first-order valence-electron chi connectivity index (χ1n) is 6.41. The molecule has 1 heterocycles. The molecule has 21 heavy (non-hydrogen) atoms. The summed E-state index contributed by atoms with van der Waals surface area (Å²) in [6.45, 7) is 0. The number of nitrogens with two attached hydrogens (primary N) is 1. The van der Waals surface area contributed by atoms with Crippen LogP contribution in [0, 0.1) is 11.6 Å². The van der Waals surface area contributed by atoms with Gasteiger partial charge in [-0.25, -0.2) is 8.78 Å². The van der Waals surface area contributed by atoms with Gasteiger partial charge in [0, 0.05) is 12.6 Å². The van der Waals surface area contributed by atoms with Gasteiger partial charge in [-0.3, -0.25) is 4.68 Å². The molecule has 0 radical (unpaired) electrons. The minimum absolute atomic E-state index is 0.0983. The van der Waals surface area contributed by atoms with Crippen molar-refractivity contribution in [3.63, 3.8) is 0 Å². The standard InChI is InChI=1S/C16H13F2N3/c1-21-16(19)14(10-5-3-2-4-6-10)15(20-21)12-9-11(17)7-8-13(12)18/h2-9H,19H2,1H3. The van der Waals surface area contributed by atoms with Crippen LogP contribution in [0.2, 0.25) is 0 Å². The molecule has 1 aromatic heterocycles. The second-order valence-electron chi connectivity index (χ2n) is 4.72. The number of aromatic nitrogens is 2. The van der Waals surface area contributed by atoms with E-state index >= 15 is 0 Å². The Balaban J connectivity index is 2.29. The molecule has 0 fully saturated rings. The van der Waals surface area contributed by atoms with Gasteiger partial charge in [0.2, 0.25) is 0 Å². The van der Waals surface area contributed by atoms with Gasteiger partial charge < -0.3 is 5.73 Å². The Morgan fingerprint density at radius 1 is 1.05 bits per heavy atom. The summed E-state index contributed by atoms with van der Waals surface area (Å²) in [6.07, 6.45) is 0. The zero-order valence-corrected chi connectivity index (χ0v) is 11.3. The van der Waals surface area contributed by atoms with Gasteiger partial charge in [-0.05, 0) is 23.8 Å². The van der Waals surface area contributed by atoms with Gasteiger partial charge in [-0.2, -0.15) is 5.10 Å². The van der Waals surface area contributed by atoms with Crippen LogP contribution in [0.3, 0.4) is 0 Å². The van der Waals surface area contributed by atoms with E-state index in [-0.39, 0.29) is 5.56 Å². The number of hydrogen-bond acceptors (Lipinski definition) is 2. The fraction of sp³-hybridized carbons (Fsp3) is 0.0625. The van der Waals surface area contributed by atoms with Gasteiger partial charge in [0.25, 0.3) is 0 Å². The van der Waals surface area contributed by atoms with Gasteiger partial charge in [0.15, 0.2) is 0 Å². The van der Waals surface area contributed by atoms with Crippen LogP contribution in [0.25, 0.3) is 22.4 Å². The minimum atomic E-state index is -0.535. The van der Waals surface area contributed by atoms with Crippen molar-refractivity contribution < 1.29 is 8.78 Å². The predicted molar refractivity (Wildman–Crippen MR) is 78.4 cm³/mol. The first-order chi connectivity index (χ1) is 10.1. The van der Waals surface area contributed by atoms with E-state index in [9.17, 15) is 8.78 Å². The van der Waals surface area contributed by atoms with Crippen molar-refractivity contribution in [2.75, 3.05) is 5.73 Å². The number of nitrogen functional groups attached to an aromatic ring is 1. The van der Waals surface area contributed by atoms with E-state index in [0.717, 1.165) is 23.8 Å². The van der Waals surface area contributed by atoms with Crippen LogP contribution >= 0.6 is 0 Å². The molecule has 3 nitrogen and oxygen atoms in total. The maximum Gasteiger partial charge on any atom is 0.132 e. The summed E-state index contributed by atoms with van der Waals surface area (Å²) in [4.78, 5) is 0. The fourth-order valence-corrected chi connectivity index (χ4v) is 2.29. The predicted octanol–water partition coefficient (Wildman–Crippen LogP) is 3.61. The lowest BCUT2D eigenvalue weighted by Gasteiger charge is -2.05. The zero-order valence-electron chi connectivity index (χ0n) is 11.3. The van der Waals surface area contributed by atoms with Crippen LogP contribution < -0.4 is 5.73 Å². The molecule has 0 unspecified atom stereocenters. The van der Waals surface area contributed by atoms with Gasteiger partial charge in [-0.1, -0.05) is 30.3 Å². The molecule has 0 atom stereocenters. The Kier molecular flexibility index (Phi) is 3.17. The molecule has 0 aliphatic carbocycles. The highest BCUT2D eigenvalue weighted by atomic mass is 19.1. The molecule has 5 heteroatoms. The SMILES string of the molecule is Cn1nc(-c2cc(F)ccc2F)c(-c2ccccc2)c1N. The van der Waals surface area contributed by atoms with E-state index in [1.54, 1.807) is 7.05 Å². The highest BCUT2D eigenvalue weighted by Gasteiger charge is 2.20. The Bertz CT molecular complexity index is 795. The van der Waals surface area contributed by atoms with Crippen LogP contribution in [0.1, 0.15) is 0 Å². The van der Waals surface area contributed by atoms with E-state index < -0.39 is 11.6 Å². The van der Waals surface area contributed by atoms with Crippen LogP contribution in [0.15, 0.2) is 48.5 Å². The van der Waals surface area contributed by atoms with Crippen molar-refractivity contribution in [1.82, 2.24) is 9.78 Å². The number of aryl methyl sites for hydroxylation is 1. The Labute approximate surface area is 120 Å². The first-order valence-corrected chi connectivity index (χ1v) is 6.41. The van der Waals surface area contributed by atoms with Gasteiger partial charge >= 0.3 is 0 Å². The molecule has 0 saturated heterocycles. The summed E-state index contributed by atoms with van der Waals surface area (Å²) in [7, 11) is 1.67. The highest BCUT2D eigenvalue weighted by Crippen LogP contribution is 2.36. The maximum absolute atomic E-state index is 14.0. The largest absolute Gasteiger partial charge is 0.383 e. The molecule has 2 N–H and O–H groups in total. The number of anilines is 1. The summed E-state index contributed by atoms with van der Waals surface area (Å²) in [5.41, 5.74) is 7.88. The van der Waals surface area contributed by atoms with Crippen LogP contribution in [0.4, 0.5) is 14.6 Å². The molecule has 3 aromatic rings. The molecule has 0 spiro atoms. The van der Waals surface area contributed by atoms with Gasteiger partial charge in [-0.15, -0.1) is 0 Å². The Morgan fingerprint density at radius 3 is 2.48 bits per heavy atom. The van der Waals surface area contributed by atoms with E-state index in [0.29, 0.717) is 17.1 Å². The fourth-order valence-electron chi connectivity index (χ4n) is 2.29. The average Bonchev–Trinajstić information content (AvgIpc) is 2.78.